The monoisotopic (exact) mass is 327 g/mol. The first-order valence-electron chi connectivity index (χ1n) is 6.39. The van der Waals surface area contributed by atoms with E-state index in [0.29, 0.717) is 22.3 Å². The Labute approximate surface area is 131 Å². The zero-order valence-corrected chi connectivity index (χ0v) is 13.2. The van der Waals surface area contributed by atoms with Crippen molar-refractivity contribution in [1.29, 1.82) is 0 Å². The second-order valence-electron chi connectivity index (χ2n) is 4.75. The predicted molar refractivity (Wildman–Crippen MR) is 84.2 cm³/mol. The topological polar surface area (TPSA) is 66.9 Å². The SMILES string of the molecule is Cc1[nH]c(=O)n(CCC(=O)Nc2cc(Cl)cc(Cl)c2)c1C. The quantitative estimate of drug-likeness (QED) is 0.905. The summed E-state index contributed by atoms with van der Waals surface area (Å²) >= 11 is 11.7. The highest BCUT2D eigenvalue weighted by Gasteiger charge is 2.09. The highest BCUT2D eigenvalue weighted by atomic mass is 35.5. The van der Waals surface area contributed by atoms with Gasteiger partial charge in [-0.15, -0.1) is 0 Å². The number of hydrogen-bond acceptors (Lipinski definition) is 2. The van der Waals surface area contributed by atoms with Crippen LogP contribution < -0.4 is 11.0 Å². The Morgan fingerprint density at radius 3 is 2.38 bits per heavy atom. The predicted octanol–water partition coefficient (Wildman–Crippen LogP) is 3.13. The van der Waals surface area contributed by atoms with Gasteiger partial charge in [-0.25, -0.2) is 4.79 Å². The number of aromatic nitrogens is 2. The van der Waals surface area contributed by atoms with E-state index >= 15 is 0 Å². The normalized spacial score (nSPS) is 10.7. The molecule has 0 aliphatic carbocycles. The minimum Gasteiger partial charge on any atom is -0.326 e. The molecule has 0 aliphatic rings. The first-order chi connectivity index (χ1) is 9.86. The van der Waals surface area contributed by atoms with E-state index in [9.17, 15) is 9.59 Å². The van der Waals surface area contributed by atoms with Crippen LogP contribution in [0.3, 0.4) is 0 Å². The number of carbonyl (C=O) groups is 1. The van der Waals surface area contributed by atoms with Crippen LogP contribution in [-0.4, -0.2) is 15.5 Å². The van der Waals surface area contributed by atoms with Crippen LogP contribution in [0.4, 0.5) is 5.69 Å². The number of nitrogens with one attached hydrogen (secondary N) is 2. The number of aryl methyl sites for hydroxylation is 1. The lowest BCUT2D eigenvalue weighted by atomic mass is 10.3. The van der Waals surface area contributed by atoms with Crippen LogP contribution in [-0.2, 0) is 11.3 Å². The minimum absolute atomic E-state index is 0.183. The summed E-state index contributed by atoms with van der Waals surface area (Å²) in [4.78, 5) is 26.3. The van der Waals surface area contributed by atoms with E-state index in [1.165, 1.54) is 0 Å². The van der Waals surface area contributed by atoms with Crippen LogP contribution in [0.1, 0.15) is 17.8 Å². The molecular formula is C14H15Cl2N3O2. The van der Waals surface area contributed by atoms with Crippen molar-refractivity contribution in [2.75, 3.05) is 5.32 Å². The summed E-state index contributed by atoms with van der Waals surface area (Å²) in [5.41, 5.74) is 1.97. The van der Waals surface area contributed by atoms with E-state index in [2.05, 4.69) is 10.3 Å². The molecule has 2 rings (SSSR count). The number of nitrogens with zero attached hydrogens (tertiary/aromatic N) is 1. The van der Waals surface area contributed by atoms with Crippen molar-refractivity contribution in [3.63, 3.8) is 0 Å². The van der Waals surface area contributed by atoms with Gasteiger partial charge in [0.2, 0.25) is 5.91 Å². The molecule has 1 amide bonds. The highest BCUT2D eigenvalue weighted by molar-refractivity contribution is 6.35. The van der Waals surface area contributed by atoms with Crippen molar-refractivity contribution in [1.82, 2.24) is 9.55 Å². The summed E-state index contributed by atoms with van der Waals surface area (Å²) < 4.78 is 1.54. The Morgan fingerprint density at radius 1 is 1.24 bits per heavy atom. The summed E-state index contributed by atoms with van der Waals surface area (Å²) in [6.45, 7) is 3.97. The number of benzene rings is 1. The Morgan fingerprint density at radius 2 is 1.86 bits per heavy atom. The molecule has 1 aromatic heterocycles. The van der Waals surface area contributed by atoms with Gasteiger partial charge in [-0.1, -0.05) is 23.2 Å². The summed E-state index contributed by atoms with van der Waals surface area (Å²) in [5.74, 6) is -0.210. The molecule has 2 N–H and O–H groups in total. The average molecular weight is 328 g/mol. The number of aromatic amines is 1. The Balaban J connectivity index is 2.00. The summed E-state index contributed by atoms with van der Waals surface area (Å²) in [6, 6.07) is 4.82. The molecule has 0 fully saturated rings. The number of amides is 1. The fourth-order valence-corrected chi connectivity index (χ4v) is 2.53. The molecule has 21 heavy (non-hydrogen) atoms. The molecule has 0 saturated heterocycles. The van der Waals surface area contributed by atoms with Gasteiger partial charge in [-0.2, -0.15) is 0 Å². The van der Waals surface area contributed by atoms with E-state index in [4.69, 9.17) is 23.2 Å². The highest BCUT2D eigenvalue weighted by Crippen LogP contribution is 2.22. The molecular weight excluding hydrogens is 313 g/mol. The zero-order valence-electron chi connectivity index (χ0n) is 11.7. The van der Waals surface area contributed by atoms with E-state index in [1.54, 1.807) is 22.8 Å². The van der Waals surface area contributed by atoms with Gasteiger partial charge in [0, 0.05) is 40.1 Å². The van der Waals surface area contributed by atoms with E-state index in [-0.39, 0.29) is 18.0 Å². The van der Waals surface area contributed by atoms with Crippen molar-refractivity contribution < 1.29 is 4.79 Å². The van der Waals surface area contributed by atoms with E-state index in [0.717, 1.165) is 11.4 Å². The number of anilines is 1. The van der Waals surface area contributed by atoms with Gasteiger partial charge in [0.15, 0.2) is 0 Å². The van der Waals surface area contributed by atoms with Crippen LogP contribution in [0.5, 0.6) is 0 Å². The molecule has 2 aromatic rings. The summed E-state index contributed by atoms with van der Waals surface area (Å²) in [6.07, 6.45) is 0.183. The van der Waals surface area contributed by atoms with Gasteiger partial charge < -0.3 is 10.3 Å². The second kappa shape index (κ2) is 6.37. The molecule has 1 heterocycles. The smallest absolute Gasteiger partial charge is 0.325 e. The van der Waals surface area contributed by atoms with Gasteiger partial charge in [-0.3, -0.25) is 9.36 Å². The largest absolute Gasteiger partial charge is 0.326 e. The first-order valence-corrected chi connectivity index (χ1v) is 7.14. The molecule has 0 aliphatic heterocycles. The number of H-pyrrole nitrogens is 1. The average Bonchev–Trinajstić information content (AvgIpc) is 2.60. The van der Waals surface area contributed by atoms with Gasteiger partial charge in [0.1, 0.15) is 0 Å². The third-order valence-corrected chi connectivity index (χ3v) is 3.63. The van der Waals surface area contributed by atoms with Crippen molar-refractivity contribution in [3.05, 3.63) is 50.1 Å². The fourth-order valence-electron chi connectivity index (χ4n) is 2.01. The lowest BCUT2D eigenvalue weighted by Gasteiger charge is -2.07. The Bertz CT molecular complexity index is 714. The molecule has 0 atom stereocenters. The molecule has 0 bridgehead atoms. The second-order valence-corrected chi connectivity index (χ2v) is 5.62. The first kappa shape index (κ1) is 15.7. The van der Waals surface area contributed by atoms with Crippen LogP contribution in [0.2, 0.25) is 10.0 Å². The fraction of sp³-hybridized carbons (Fsp3) is 0.286. The standard InChI is InChI=1S/C14H15Cl2N3O2/c1-8-9(2)19(14(21)17-8)4-3-13(20)18-12-6-10(15)5-11(16)7-12/h5-7H,3-4H2,1-2H3,(H,17,21)(H,18,20). The number of carbonyl (C=O) groups excluding carboxylic acids is 1. The molecule has 0 unspecified atom stereocenters. The molecule has 0 spiro atoms. The van der Waals surface area contributed by atoms with Crippen molar-refractivity contribution >= 4 is 34.8 Å². The molecule has 5 nitrogen and oxygen atoms in total. The molecule has 0 saturated carbocycles. The molecule has 0 radical (unpaired) electrons. The van der Waals surface area contributed by atoms with E-state index < -0.39 is 0 Å². The van der Waals surface area contributed by atoms with Crippen molar-refractivity contribution in [2.24, 2.45) is 0 Å². The maximum absolute atomic E-state index is 11.9. The lowest BCUT2D eigenvalue weighted by Crippen LogP contribution is -2.22. The van der Waals surface area contributed by atoms with Gasteiger partial charge in [-0.05, 0) is 32.0 Å². The maximum atomic E-state index is 11.9. The van der Waals surface area contributed by atoms with Crippen molar-refractivity contribution in [2.45, 2.75) is 26.8 Å². The number of imidazole rings is 1. The van der Waals surface area contributed by atoms with E-state index in [1.807, 2.05) is 13.8 Å². The number of halogens is 2. The van der Waals surface area contributed by atoms with Crippen molar-refractivity contribution in [3.8, 4) is 0 Å². The van der Waals surface area contributed by atoms with Crippen LogP contribution >= 0.6 is 23.2 Å². The zero-order chi connectivity index (χ0) is 15.6. The summed E-state index contributed by atoms with van der Waals surface area (Å²) in [7, 11) is 0. The van der Waals surface area contributed by atoms with Crippen LogP contribution in [0, 0.1) is 13.8 Å². The molecule has 1 aromatic carbocycles. The third-order valence-electron chi connectivity index (χ3n) is 3.20. The van der Waals surface area contributed by atoms with Crippen LogP contribution in [0.25, 0.3) is 0 Å². The van der Waals surface area contributed by atoms with Gasteiger partial charge in [0.25, 0.3) is 0 Å². The van der Waals surface area contributed by atoms with Crippen LogP contribution in [0.15, 0.2) is 23.0 Å². The Hall–Kier alpha value is -1.72. The van der Waals surface area contributed by atoms with Gasteiger partial charge in [0.05, 0.1) is 0 Å². The molecule has 112 valence electrons. The number of hydrogen-bond donors (Lipinski definition) is 2. The maximum Gasteiger partial charge on any atom is 0.325 e. The van der Waals surface area contributed by atoms with Gasteiger partial charge >= 0.3 is 5.69 Å². The lowest BCUT2D eigenvalue weighted by molar-refractivity contribution is -0.116. The summed E-state index contributed by atoms with van der Waals surface area (Å²) in [5, 5.41) is 3.61. The Kier molecular flexibility index (Phi) is 4.75. The molecule has 7 heteroatoms. The number of rotatable bonds is 4. The minimum atomic E-state index is -0.210. The third kappa shape index (κ3) is 3.89.